The average Bonchev–Trinajstić information content (AvgIpc) is 2.23. The summed E-state index contributed by atoms with van der Waals surface area (Å²) in [4.78, 5) is 23.2. The van der Waals surface area contributed by atoms with Gasteiger partial charge in [0.05, 0.1) is 23.3 Å². The molecule has 1 aromatic carbocycles. The summed E-state index contributed by atoms with van der Waals surface area (Å²) in [5, 5.41) is 9.69. The van der Waals surface area contributed by atoms with E-state index in [9.17, 15) is 14.7 Å². The number of carbonyl (C=O) groups is 2. The molecule has 0 spiro atoms. The number of ether oxygens (including phenoxy) is 1. The summed E-state index contributed by atoms with van der Waals surface area (Å²) in [5.74, 6) is -1.06. The van der Waals surface area contributed by atoms with Gasteiger partial charge in [0.15, 0.2) is 11.6 Å². The van der Waals surface area contributed by atoms with Crippen LogP contribution < -0.4 is 4.74 Å². The van der Waals surface area contributed by atoms with Crippen LogP contribution in [-0.2, 0) is 0 Å². The van der Waals surface area contributed by atoms with Crippen LogP contribution in [0.1, 0.15) is 20.7 Å². The molecule has 82 valence electrons. The summed E-state index contributed by atoms with van der Waals surface area (Å²) in [6.45, 7) is 0. The lowest BCUT2D eigenvalue weighted by atomic mass is 9.93. The van der Waals surface area contributed by atoms with E-state index < -0.39 is 11.6 Å². The van der Waals surface area contributed by atoms with Gasteiger partial charge in [0.25, 0.3) is 0 Å². The smallest absolute Gasteiger partial charge is 0.190 e. The predicted molar refractivity (Wildman–Crippen MR) is 57.5 cm³/mol. The van der Waals surface area contributed by atoms with Crippen molar-refractivity contribution in [3.05, 3.63) is 34.4 Å². The lowest BCUT2D eigenvalue weighted by Gasteiger charge is -2.15. The van der Waals surface area contributed by atoms with E-state index in [4.69, 9.17) is 16.3 Å². The first-order valence-corrected chi connectivity index (χ1v) is 4.80. The van der Waals surface area contributed by atoms with Crippen LogP contribution >= 0.6 is 11.6 Å². The topological polar surface area (TPSA) is 63.6 Å². The highest BCUT2D eigenvalue weighted by molar-refractivity contribution is 6.34. The molecule has 4 nitrogen and oxygen atoms in total. The Morgan fingerprint density at radius 3 is 2.31 bits per heavy atom. The number of phenols is 1. The van der Waals surface area contributed by atoms with E-state index >= 15 is 0 Å². The summed E-state index contributed by atoms with van der Waals surface area (Å²) in [6, 6.07) is 1.18. The first-order valence-electron chi connectivity index (χ1n) is 4.42. The number of phenolic OH excluding ortho intramolecular Hbond substituents is 1. The third-order valence-electron chi connectivity index (χ3n) is 2.30. The second-order valence-electron chi connectivity index (χ2n) is 3.22. The summed E-state index contributed by atoms with van der Waals surface area (Å²) in [6.07, 6.45) is 2.24. The fourth-order valence-corrected chi connectivity index (χ4v) is 1.90. The van der Waals surface area contributed by atoms with E-state index in [1.165, 1.54) is 13.2 Å². The summed E-state index contributed by atoms with van der Waals surface area (Å²) in [5.41, 5.74) is -0.0475. The predicted octanol–water partition coefficient (Wildman–Crippen LogP) is 1.99. The van der Waals surface area contributed by atoms with Gasteiger partial charge in [-0.05, 0) is 12.2 Å². The Labute approximate surface area is 96.1 Å². The molecule has 0 amide bonds. The molecule has 16 heavy (non-hydrogen) atoms. The summed E-state index contributed by atoms with van der Waals surface area (Å²) >= 11 is 5.81. The SMILES string of the molecule is COc1c(Cl)cc(O)c2c1C(=O)C=CC2=O. The minimum atomic E-state index is -0.443. The van der Waals surface area contributed by atoms with Gasteiger partial charge >= 0.3 is 0 Å². The van der Waals surface area contributed by atoms with E-state index in [-0.39, 0.29) is 27.6 Å². The van der Waals surface area contributed by atoms with Crippen LogP contribution in [0.4, 0.5) is 0 Å². The molecule has 2 rings (SSSR count). The maximum absolute atomic E-state index is 11.6. The molecule has 0 saturated carbocycles. The Hall–Kier alpha value is -1.81. The molecule has 1 aromatic rings. The Morgan fingerprint density at radius 2 is 1.75 bits per heavy atom. The quantitative estimate of drug-likeness (QED) is 0.813. The largest absolute Gasteiger partial charge is 0.507 e. The first-order chi connectivity index (χ1) is 7.56. The minimum absolute atomic E-state index is 0.0139. The van der Waals surface area contributed by atoms with Crippen LogP contribution in [-0.4, -0.2) is 23.8 Å². The van der Waals surface area contributed by atoms with Crippen molar-refractivity contribution in [1.29, 1.82) is 0 Å². The second kappa shape index (κ2) is 3.64. The van der Waals surface area contributed by atoms with Gasteiger partial charge in [-0.1, -0.05) is 11.6 Å². The molecule has 1 aliphatic carbocycles. The van der Waals surface area contributed by atoms with Crippen molar-refractivity contribution in [3.63, 3.8) is 0 Å². The van der Waals surface area contributed by atoms with Crippen LogP contribution in [0.25, 0.3) is 0 Å². The lowest BCUT2D eigenvalue weighted by molar-refractivity contribution is 0.0989. The van der Waals surface area contributed by atoms with Crippen molar-refractivity contribution < 1.29 is 19.4 Å². The standard InChI is InChI=1S/C11H7ClO4/c1-16-11-5(12)4-8(15)9-6(13)2-3-7(14)10(9)11/h2-4,15H,1H3. The van der Waals surface area contributed by atoms with Gasteiger partial charge in [-0.2, -0.15) is 0 Å². The molecule has 5 heteroatoms. The first kappa shape index (κ1) is 10.7. The average molecular weight is 239 g/mol. The Morgan fingerprint density at radius 1 is 1.19 bits per heavy atom. The second-order valence-corrected chi connectivity index (χ2v) is 3.63. The lowest BCUT2D eigenvalue weighted by Crippen LogP contribution is -2.13. The fraction of sp³-hybridized carbons (Fsp3) is 0.0909. The molecule has 0 heterocycles. The molecule has 0 saturated heterocycles. The van der Waals surface area contributed by atoms with Crippen LogP contribution in [0.5, 0.6) is 11.5 Å². The van der Waals surface area contributed by atoms with Crippen molar-refractivity contribution in [2.45, 2.75) is 0 Å². The third kappa shape index (κ3) is 1.39. The molecule has 0 unspecified atom stereocenters. The van der Waals surface area contributed by atoms with E-state index in [0.717, 1.165) is 12.2 Å². The molecule has 0 aliphatic heterocycles. The zero-order chi connectivity index (χ0) is 11.9. The highest BCUT2D eigenvalue weighted by atomic mass is 35.5. The highest BCUT2D eigenvalue weighted by Crippen LogP contribution is 2.39. The van der Waals surface area contributed by atoms with Crippen molar-refractivity contribution >= 4 is 23.2 Å². The molecular formula is C11H7ClO4. The van der Waals surface area contributed by atoms with Gasteiger partial charge in [-0.3, -0.25) is 9.59 Å². The number of methoxy groups -OCH3 is 1. The Bertz CT molecular complexity index is 531. The molecule has 1 N–H and O–H groups in total. The van der Waals surface area contributed by atoms with Crippen LogP contribution in [0.3, 0.4) is 0 Å². The number of ketones is 2. The number of carbonyl (C=O) groups excluding carboxylic acids is 2. The van der Waals surface area contributed by atoms with Crippen LogP contribution in [0, 0.1) is 0 Å². The summed E-state index contributed by atoms with van der Waals surface area (Å²) in [7, 11) is 1.34. The van der Waals surface area contributed by atoms with Crippen LogP contribution in [0.2, 0.25) is 5.02 Å². The summed E-state index contributed by atoms with van der Waals surface area (Å²) < 4.78 is 4.97. The zero-order valence-electron chi connectivity index (χ0n) is 8.28. The molecule has 0 fully saturated rings. The number of fused-ring (bicyclic) bond motifs is 1. The van der Waals surface area contributed by atoms with E-state index in [1.54, 1.807) is 0 Å². The number of hydrogen-bond acceptors (Lipinski definition) is 4. The van der Waals surface area contributed by atoms with E-state index in [0.29, 0.717) is 0 Å². The molecule has 0 radical (unpaired) electrons. The fourth-order valence-electron chi connectivity index (χ4n) is 1.62. The highest BCUT2D eigenvalue weighted by Gasteiger charge is 2.28. The normalized spacial score (nSPS) is 13.9. The Kier molecular flexibility index (Phi) is 2.44. The van der Waals surface area contributed by atoms with Crippen molar-refractivity contribution in [2.75, 3.05) is 7.11 Å². The van der Waals surface area contributed by atoms with Gasteiger partial charge in [-0.25, -0.2) is 0 Å². The zero-order valence-corrected chi connectivity index (χ0v) is 9.04. The third-order valence-corrected chi connectivity index (χ3v) is 2.58. The molecule has 0 aromatic heterocycles. The number of benzene rings is 1. The van der Waals surface area contributed by atoms with Gasteiger partial charge in [0.2, 0.25) is 0 Å². The number of halogens is 1. The molecule has 1 aliphatic rings. The van der Waals surface area contributed by atoms with Gasteiger partial charge < -0.3 is 9.84 Å². The van der Waals surface area contributed by atoms with Gasteiger partial charge in [-0.15, -0.1) is 0 Å². The van der Waals surface area contributed by atoms with Crippen molar-refractivity contribution in [3.8, 4) is 11.5 Å². The molecular weight excluding hydrogens is 232 g/mol. The van der Waals surface area contributed by atoms with Crippen molar-refractivity contribution in [2.24, 2.45) is 0 Å². The van der Waals surface area contributed by atoms with E-state index in [2.05, 4.69) is 0 Å². The number of hydrogen-bond donors (Lipinski definition) is 1. The minimum Gasteiger partial charge on any atom is -0.507 e. The maximum Gasteiger partial charge on any atom is 0.190 e. The van der Waals surface area contributed by atoms with Gasteiger partial charge in [0.1, 0.15) is 11.5 Å². The Balaban J connectivity index is 2.85. The molecule has 0 bridgehead atoms. The van der Waals surface area contributed by atoms with Crippen LogP contribution in [0.15, 0.2) is 18.2 Å². The number of allylic oxidation sites excluding steroid dienone is 2. The van der Waals surface area contributed by atoms with Gasteiger partial charge in [0, 0.05) is 6.07 Å². The monoisotopic (exact) mass is 238 g/mol. The number of rotatable bonds is 1. The molecule has 0 atom stereocenters. The van der Waals surface area contributed by atoms with Crippen molar-refractivity contribution in [1.82, 2.24) is 0 Å². The number of aromatic hydroxyl groups is 1. The maximum atomic E-state index is 11.6. The van der Waals surface area contributed by atoms with E-state index in [1.807, 2.05) is 0 Å².